The molecule has 3 aromatic rings. The van der Waals surface area contributed by atoms with Crippen molar-refractivity contribution in [2.24, 2.45) is 0 Å². The highest BCUT2D eigenvalue weighted by molar-refractivity contribution is 6.33. The Morgan fingerprint density at radius 3 is 2.76 bits per heavy atom. The quantitative estimate of drug-likeness (QED) is 0.704. The Labute approximate surface area is 126 Å². The summed E-state index contributed by atoms with van der Waals surface area (Å²) in [4.78, 5) is 4.56. The van der Waals surface area contributed by atoms with Gasteiger partial charge in [-0.2, -0.15) is 5.26 Å². The lowest BCUT2D eigenvalue weighted by Gasteiger charge is -2.07. The van der Waals surface area contributed by atoms with E-state index in [1.165, 1.54) is 12.1 Å². The molecule has 0 saturated carbocycles. The van der Waals surface area contributed by atoms with Crippen molar-refractivity contribution in [3.63, 3.8) is 0 Å². The van der Waals surface area contributed by atoms with Gasteiger partial charge in [-0.05, 0) is 43.3 Å². The molecule has 0 spiro atoms. The standard InChI is InChI=1S/C16H11ClFN3/c1-2-21-15-6-3-10(9-19)7-14(15)20-16(21)12-5-4-11(18)8-13(12)17/h3-8H,2H2,1H3. The molecule has 5 heteroatoms. The van der Waals surface area contributed by atoms with Gasteiger partial charge in [-0.15, -0.1) is 0 Å². The lowest BCUT2D eigenvalue weighted by molar-refractivity contribution is 0.628. The van der Waals surface area contributed by atoms with Gasteiger partial charge in [0.05, 0.1) is 27.7 Å². The normalized spacial score (nSPS) is 10.8. The lowest BCUT2D eigenvalue weighted by atomic mass is 10.2. The summed E-state index contributed by atoms with van der Waals surface area (Å²) in [6.45, 7) is 2.70. The number of halogens is 2. The maximum atomic E-state index is 13.2. The third kappa shape index (κ3) is 2.26. The van der Waals surface area contributed by atoms with Gasteiger partial charge in [0.2, 0.25) is 0 Å². The van der Waals surface area contributed by atoms with Gasteiger partial charge >= 0.3 is 0 Å². The summed E-state index contributed by atoms with van der Waals surface area (Å²) >= 11 is 6.13. The van der Waals surface area contributed by atoms with Crippen molar-refractivity contribution in [2.45, 2.75) is 13.5 Å². The summed E-state index contributed by atoms with van der Waals surface area (Å²) in [5.74, 6) is 0.294. The van der Waals surface area contributed by atoms with Crippen LogP contribution < -0.4 is 0 Å². The molecule has 0 bridgehead atoms. The zero-order valence-electron chi connectivity index (χ0n) is 11.3. The number of nitrogens with zero attached hydrogens (tertiary/aromatic N) is 3. The number of benzene rings is 2. The Bertz CT molecular complexity index is 877. The van der Waals surface area contributed by atoms with Crippen LogP contribution in [0.5, 0.6) is 0 Å². The molecule has 0 aliphatic heterocycles. The first-order valence-electron chi connectivity index (χ1n) is 6.50. The Balaban J connectivity index is 2.29. The summed E-state index contributed by atoms with van der Waals surface area (Å²) in [6, 6.07) is 11.7. The zero-order valence-corrected chi connectivity index (χ0v) is 12.0. The van der Waals surface area contributed by atoms with E-state index >= 15 is 0 Å². The summed E-state index contributed by atoms with van der Waals surface area (Å²) in [5.41, 5.74) is 2.88. The number of imidazole rings is 1. The molecule has 21 heavy (non-hydrogen) atoms. The van der Waals surface area contributed by atoms with Gasteiger partial charge in [-0.1, -0.05) is 11.6 Å². The molecule has 0 saturated heterocycles. The van der Waals surface area contributed by atoms with E-state index in [9.17, 15) is 4.39 Å². The summed E-state index contributed by atoms with van der Waals surface area (Å²) < 4.78 is 15.2. The van der Waals surface area contributed by atoms with Gasteiger partial charge < -0.3 is 4.57 Å². The molecule has 0 fully saturated rings. The average Bonchev–Trinajstić information content (AvgIpc) is 2.84. The summed E-state index contributed by atoms with van der Waals surface area (Å²) in [7, 11) is 0. The number of aryl methyl sites for hydroxylation is 1. The van der Waals surface area contributed by atoms with Gasteiger partial charge in [0.25, 0.3) is 0 Å². The molecule has 3 nitrogen and oxygen atoms in total. The fourth-order valence-corrected chi connectivity index (χ4v) is 2.65. The Hall–Kier alpha value is -2.38. The van der Waals surface area contributed by atoms with Gasteiger partial charge in [-0.3, -0.25) is 0 Å². The highest BCUT2D eigenvalue weighted by Gasteiger charge is 2.15. The van der Waals surface area contributed by atoms with Crippen LogP contribution in [0, 0.1) is 17.1 Å². The molecule has 0 aliphatic carbocycles. The molecule has 0 atom stereocenters. The number of fused-ring (bicyclic) bond motifs is 1. The van der Waals surface area contributed by atoms with Crippen molar-refractivity contribution in [3.05, 3.63) is 52.8 Å². The van der Waals surface area contributed by atoms with Gasteiger partial charge in [0, 0.05) is 12.1 Å². The van der Waals surface area contributed by atoms with Crippen LogP contribution in [0.25, 0.3) is 22.4 Å². The van der Waals surface area contributed by atoms with Gasteiger partial charge in [0.15, 0.2) is 0 Å². The van der Waals surface area contributed by atoms with E-state index in [0.717, 1.165) is 11.0 Å². The topological polar surface area (TPSA) is 41.6 Å². The van der Waals surface area contributed by atoms with E-state index in [1.54, 1.807) is 18.2 Å². The Morgan fingerprint density at radius 2 is 2.10 bits per heavy atom. The average molecular weight is 300 g/mol. The maximum Gasteiger partial charge on any atom is 0.142 e. The largest absolute Gasteiger partial charge is 0.324 e. The highest BCUT2D eigenvalue weighted by Crippen LogP contribution is 2.31. The van der Waals surface area contributed by atoms with Crippen LogP contribution in [-0.2, 0) is 6.54 Å². The molecule has 0 N–H and O–H groups in total. The zero-order chi connectivity index (χ0) is 15.0. The van der Waals surface area contributed by atoms with E-state index in [0.29, 0.717) is 28.5 Å². The number of hydrogen-bond donors (Lipinski definition) is 0. The van der Waals surface area contributed by atoms with Gasteiger partial charge in [-0.25, -0.2) is 9.37 Å². The first kappa shape index (κ1) is 13.6. The van der Waals surface area contributed by atoms with E-state index in [-0.39, 0.29) is 5.82 Å². The maximum absolute atomic E-state index is 13.2. The van der Waals surface area contributed by atoms with E-state index < -0.39 is 0 Å². The molecule has 2 aromatic carbocycles. The summed E-state index contributed by atoms with van der Waals surface area (Å²) in [6.07, 6.45) is 0. The smallest absolute Gasteiger partial charge is 0.142 e. The van der Waals surface area contributed by atoms with Crippen molar-refractivity contribution in [1.29, 1.82) is 5.26 Å². The molecular formula is C16H11ClFN3. The van der Waals surface area contributed by atoms with Crippen molar-refractivity contribution in [3.8, 4) is 17.5 Å². The lowest BCUT2D eigenvalue weighted by Crippen LogP contribution is -1.98. The minimum atomic E-state index is -0.380. The number of hydrogen-bond acceptors (Lipinski definition) is 2. The molecule has 104 valence electrons. The molecule has 1 heterocycles. The van der Waals surface area contributed by atoms with Crippen LogP contribution in [0.1, 0.15) is 12.5 Å². The molecule has 3 rings (SSSR count). The first-order valence-corrected chi connectivity index (χ1v) is 6.87. The first-order chi connectivity index (χ1) is 10.1. The van der Waals surface area contributed by atoms with Crippen LogP contribution in [0.4, 0.5) is 4.39 Å². The highest BCUT2D eigenvalue weighted by atomic mass is 35.5. The van der Waals surface area contributed by atoms with Crippen LogP contribution in [0.3, 0.4) is 0 Å². The second kappa shape index (κ2) is 5.19. The van der Waals surface area contributed by atoms with E-state index in [1.807, 2.05) is 17.6 Å². The minimum absolute atomic E-state index is 0.320. The fraction of sp³-hybridized carbons (Fsp3) is 0.125. The molecule has 0 amide bonds. The monoisotopic (exact) mass is 299 g/mol. The summed E-state index contributed by atoms with van der Waals surface area (Å²) in [5, 5.41) is 9.29. The minimum Gasteiger partial charge on any atom is -0.324 e. The third-order valence-electron chi connectivity index (χ3n) is 3.37. The number of nitriles is 1. The van der Waals surface area contributed by atoms with Crippen molar-refractivity contribution in [1.82, 2.24) is 9.55 Å². The molecule has 1 aromatic heterocycles. The molecule has 0 unspecified atom stereocenters. The SMILES string of the molecule is CCn1c(-c2ccc(F)cc2Cl)nc2cc(C#N)ccc21. The molecular weight excluding hydrogens is 289 g/mol. The van der Waals surface area contributed by atoms with Crippen LogP contribution in [0.2, 0.25) is 5.02 Å². The predicted molar refractivity (Wildman–Crippen MR) is 80.5 cm³/mol. The van der Waals surface area contributed by atoms with Crippen molar-refractivity contribution >= 4 is 22.6 Å². The van der Waals surface area contributed by atoms with Gasteiger partial charge in [0.1, 0.15) is 11.6 Å². The fourth-order valence-electron chi connectivity index (χ4n) is 2.40. The second-order valence-electron chi connectivity index (χ2n) is 4.62. The van der Waals surface area contributed by atoms with Crippen LogP contribution in [0.15, 0.2) is 36.4 Å². The van der Waals surface area contributed by atoms with E-state index in [4.69, 9.17) is 16.9 Å². The van der Waals surface area contributed by atoms with Crippen molar-refractivity contribution < 1.29 is 4.39 Å². The molecule has 0 radical (unpaired) electrons. The third-order valence-corrected chi connectivity index (χ3v) is 3.68. The number of aromatic nitrogens is 2. The second-order valence-corrected chi connectivity index (χ2v) is 5.03. The number of rotatable bonds is 2. The van der Waals surface area contributed by atoms with Crippen LogP contribution in [-0.4, -0.2) is 9.55 Å². The molecule has 0 aliphatic rings. The van der Waals surface area contributed by atoms with Crippen molar-refractivity contribution in [2.75, 3.05) is 0 Å². The Kier molecular flexibility index (Phi) is 3.36. The van der Waals surface area contributed by atoms with Crippen LogP contribution >= 0.6 is 11.6 Å². The Morgan fingerprint density at radius 1 is 1.29 bits per heavy atom. The van der Waals surface area contributed by atoms with E-state index in [2.05, 4.69) is 11.1 Å². The predicted octanol–water partition coefficient (Wildman–Crippen LogP) is 4.39.